The molecule has 1 fully saturated rings. The minimum absolute atomic E-state index is 0.425. The van der Waals surface area contributed by atoms with Crippen LogP contribution in [0.4, 0.5) is 0 Å². The first-order chi connectivity index (χ1) is 8.74. The molecule has 100 valence electrons. The largest absolute Gasteiger partial charge is 0.346 e. The summed E-state index contributed by atoms with van der Waals surface area (Å²) in [6.07, 6.45) is 10.1. The van der Waals surface area contributed by atoms with E-state index in [1.807, 2.05) is 0 Å². The number of aldehydes is 1. The Morgan fingerprint density at radius 1 is 1.67 bits per heavy atom. The van der Waals surface area contributed by atoms with Crippen LogP contribution in [-0.4, -0.2) is 41.9 Å². The fraction of sp³-hybridized carbons (Fsp3) is 0.692. The lowest BCUT2D eigenvalue weighted by molar-refractivity contribution is -0.104. The molecule has 5 heteroatoms. The van der Waals surface area contributed by atoms with Gasteiger partial charge >= 0.3 is 0 Å². The second kappa shape index (κ2) is 5.89. The molecule has 0 radical (unpaired) electrons. The predicted molar refractivity (Wildman–Crippen MR) is 76.6 cm³/mol. The molecular formula is C13H21N3OS. The number of hydrogen-bond acceptors (Lipinski definition) is 5. The van der Waals surface area contributed by atoms with Gasteiger partial charge in [0.1, 0.15) is 0 Å². The van der Waals surface area contributed by atoms with E-state index in [0.29, 0.717) is 5.57 Å². The van der Waals surface area contributed by atoms with Crippen molar-refractivity contribution in [2.24, 2.45) is 10.9 Å². The maximum atomic E-state index is 10.7. The van der Waals surface area contributed by atoms with Crippen LogP contribution >= 0.6 is 11.8 Å². The Morgan fingerprint density at radius 3 is 2.89 bits per heavy atom. The second-order valence-corrected chi connectivity index (χ2v) is 5.84. The van der Waals surface area contributed by atoms with Crippen molar-refractivity contribution in [2.75, 3.05) is 19.3 Å². The predicted octanol–water partition coefficient (Wildman–Crippen LogP) is 1.84. The third-order valence-electron chi connectivity index (χ3n) is 3.33. The molecule has 1 saturated carbocycles. The molecule has 1 unspecified atom stereocenters. The van der Waals surface area contributed by atoms with Gasteiger partial charge in [-0.05, 0) is 31.4 Å². The Morgan fingerprint density at radius 2 is 2.44 bits per heavy atom. The first-order valence-electron chi connectivity index (χ1n) is 6.52. The molecule has 2 aliphatic rings. The Kier molecular flexibility index (Phi) is 4.45. The molecule has 1 aliphatic heterocycles. The van der Waals surface area contributed by atoms with E-state index in [-0.39, 0.29) is 0 Å². The highest BCUT2D eigenvalue weighted by atomic mass is 32.2. The number of hydrogen-bond donors (Lipinski definition) is 1. The van der Waals surface area contributed by atoms with Crippen molar-refractivity contribution in [3.8, 4) is 0 Å². The summed E-state index contributed by atoms with van der Waals surface area (Å²) in [4.78, 5) is 17.7. The Balaban J connectivity index is 2.11. The Hall–Kier alpha value is -0.810. The van der Waals surface area contributed by atoms with Crippen LogP contribution in [0.2, 0.25) is 0 Å². The Bertz CT molecular complexity index is 365. The first-order valence-corrected chi connectivity index (χ1v) is 7.75. The van der Waals surface area contributed by atoms with Crippen LogP contribution in [0.5, 0.6) is 0 Å². The van der Waals surface area contributed by atoms with Gasteiger partial charge in [-0.1, -0.05) is 18.7 Å². The summed E-state index contributed by atoms with van der Waals surface area (Å²) in [5.74, 6) is 0.828. The summed E-state index contributed by atoms with van der Waals surface area (Å²) < 4.78 is 0. The lowest BCUT2D eigenvalue weighted by Gasteiger charge is -2.41. The van der Waals surface area contributed by atoms with E-state index < -0.39 is 5.12 Å². The van der Waals surface area contributed by atoms with Crippen molar-refractivity contribution in [1.82, 2.24) is 10.2 Å². The SMILES string of the molecule is CCCN(CC1CC1)C1(SC)N=CC(C=O)=CN1. The zero-order chi connectivity index (χ0) is 13.0. The van der Waals surface area contributed by atoms with Crippen LogP contribution in [0.1, 0.15) is 26.2 Å². The number of carbonyl (C=O) groups excluding carboxylic acids is 1. The molecule has 18 heavy (non-hydrogen) atoms. The molecule has 0 aromatic rings. The van der Waals surface area contributed by atoms with E-state index in [4.69, 9.17) is 0 Å². The third-order valence-corrected chi connectivity index (χ3v) is 4.38. The topological polar surface area (TPSA) is 44.7 Å². The molecule has 1 aliphatic carbocycles. The number of rotatable bonds is 7. The summed E-state index contributed by atoms with van der Waals surface area (Å²) in [5.41, 5.74) is 0.600. The highest BCUT2D eigenvalue weighted by Crippen LogP contribution is 2.35. The van der Waals surface area contributed by atoms with E-state index >= 15 is 0 Å². The van der Waals surface area contributed by atoms with Gasteiger partial charge in [0.2, 0.25) is 5.12 Å². The molecule has 1 heterocycles. The summed E-state index contributed by atoms with van der Waals surface area (Å²) in [7, 11) is 0. The van der Waals surface area contributed by atoms with Crippen molar-refractivity contribution >= 4 is 24.3 Å². The summed E-state index contributed by atoms with van der Waals surface area (Å²) in [5, 5.41) is 2.87. The van der Waals surface area contributed by atoms with Gasteiger partial charge in [0.15, 0.2) is 6.29 Å². The van der Waals surface area contributed by atoms with Crippen LogP contribution in [0.3, 0.4) is 0 Å². The number of aliphatic imine (C=N–C) groups is 1. The van der Waals surface area contributed by atoms with Crippen LogP contribution in [-0.2, 0) is 4.79 Å². The van der Waals surface area contributed by atoms with E-state index in [9.17, 15) is 4.79 Å². The minimum Gasteiger partial charge on any atom is -0.346 e. The van der Waals surface area contributed by atoms with Gasteiger partial charge in [0.25, 0.3) is 0 Å². The quantitative estimate of drug-likeness (QED) is 0.565. The van der Waals surface area contributed by atoms with E-state index in [2.05, 4.69) is 28.4 Å². The normalized spacial score (nSPS) is 26.9. The van der Waals surface area contributed by atoms with Crippen molar-refractivity contribution in [1.29, 1.82) is 0 Å². The standard InChI is InChI=1S/C13H21N3OS/c1-3-6-16(9-11-4-5-11)13(18-2)14-7-12(10-17)8-15-13/h7-8,10-11,14H,3-6,9H2,1-2H3. The fourth-order valence-electron chi connectivity index (χ4n) is 2.14. The van der Waals surface area contributed by atoms with Gasteiger partial charge in [-0.15, -0.1) is 0 Å². The summed E-state index contributed by atoms with van der Waals surface area (Å²) >= 11 is 1.68. The molecule has 2 rings (SSSR count). The van der Waals surface area contributed by atoms with Crippen molar-refractivity contribution in [3.63, 3.8) is 0 Å². The summed E-state index contributed by atoms with van der Waals surface area (Å²) in [6.45, 7) is 4.29. The molecule has 0 amide bonds. The lowest BCUT2D eigenvalue weighted by atomic mass is 10.3. The fourth-order valence-corrected chi connectivity index (χ4v) is 2.90. The van der Waals surface area contributed by atoms with Gasteiger partial charge < -0.3 is 5.32 Å². The third kappa shape index (κ3) is 2.95. The van der Waals surface area contributed by atoms with Gasteiger partial charge in [-0.25, -0.2) is 4.99 Å². The van der Waals surface area contributed by atoms with Crippen molar-refractivity contribution < 1.29 is 4.79 Å². The Labute approximate surface area is 113 Å². The zero-order valence-electron chi connectivity index (χ0n) is 11.1. The number of allylic oxidation sites excluding steroid dienone is 1. The number of thioether (sulfide) groups is 1. The summed E-state index contributed by atoms with van der Waals surface area (Å²) in [6, 6.07) is 0. The number of carbonyl (C=O) groups is 1. The molecule has 0 bridgehead atoms. The smallest absolute Gasteiger partial charge is 0.236 e. The van der Waals surface area contributed by atoms with Crippen LogP contribution in [0.15, 0.2) is 16.8 Å². The lowest BCUT2D eigenvalue weighted by Crippen LogP contribution is -2.55. The molecule has 0 spiro atoms. The van der Waals surface area contributed by atoms with Crippen LogP contribution in [0, 0.1) is 5.92 Å². The van der Waals surface area contributed by atoms with E-state index in [1.54, 1.807) is 24.2 Å². The van der Waals surface area contributed by atoms with Crippen LogP contribution < -0.4 is 5.32 Å². The zero-order valence-corrected chi connectivity index (χ0v) is 11.9. The first kappa shape index (κ1) is 13.6. The average Bonchev–Trinajstić information content (AvgIpc) is 3.22. The maximum Gasteiger partial charge on any atom is 0.236 e. The molecule has 1 N–H and O–H groups in total. The highest BCUT2D eigenvalue weighted by molar-refractivity contribution is 7.99. The average molecular weight is 267 g/mol. The van der Waals surface area contributed by atoms with Crippen LogP contribution in [0.25, 0.3) is 0 Å². The highest BCUT2D eigenvalue weighted by Gasteiger charge is 2.38. The van der Waals surface area contributed by atoms with Gasteiger partial charge in [0.05, 0.1) is 0 Å². The number of nitrogens with zero attached hydrogens (tertiary/aromatic N) is 2. The molecule has 1 atom stereocenters. The van der Waals surface area contributed by atoms with Gasteiger partial charge in [0, 0.05) is 31.1 Å². The van der Waals surface area contributed by atoms with Crippen molar-refractivity contribution in [3.05, 3.63) is 11.8 Å². The minimum atomic E-state index is -0.425. The monoisotopic (exact) mass is 267 g/mol. The molecule has 4 nitrogen and oxygen atoms in total. The maximum absolute atomic E-state index is 10.7. The van der Waals surface area contributed by atoms with Gasteiger partial charge in [-0.3, -0.25) is 9.69 Å². The molecule has 0 aromatic heterocycles. The van der Waals surface area contributed by atoms with Gasteiger partial charge in [-0.2, -0.15) is 0 Å². The number of nitrogens with one attached hydrogen (secondary N) is 1. The van der Waals surface area contributed by atoms with Crippen molar-refractivity contribution in [2.45, 2.75) is 31.3 Å². The molecule has 0 aromatic carbocycles. The molecule has 0 saturated heterocycles. The van der Waals surface area contributed by atoms with E-state index in [1.165, 1.54) is 12.8 Å². The van der Waals surface area contributed by atoms with E-state index in [0.717, 1.165) is 31.7 Å². The molecular weight excluding hydrogens is 246 g/mol. The second-order valence-electron chi connectivity index (χ2n) is 4.87.